The molecule has 4 rings (SSSR count). The summed E-state index contributed by atoms with van der Waals surface area (Å²) >= 11 is 0. The summed E-state index contributed by atoms with van der Waals surface area (Å²) in [5.74, 6) is 1.40. The molecule has 1 saturated heterocycles. The molecule has 2 heterocycles. The number of hydrogen-bond acceptors (Lipinski definition) is 3. The lowest BCUT2D eigenvalue weighted by Gasteiger charge is -2.32. The number of carbonyl (C=O) groups excluding carboxylic acids is 1. The summed E-state index contributed by atoms with van der Waals surface area (Å²) in [6.07, 6.45) is 6.10. The Morgan fingerprint density at radius 3 is 2.67 bits per heavy atom. The molecule has 1 aromatic heterocycles. The zero-order valence-electron chi connectivity index (χ0n) is 17.6. The van der Waals surface area contributed by atoms with Gasteiger partial charge in [0.1, 0.15) is 5.75 Å². The fourth-order valence-corrected chi connectivity index (χ4v) is 3.92. The van der Waals surface area contributed by atoms with Crippen LogP contribution in [0.15, 0.2) is 54.9 Å². The molecule has 2 amide bonds. The average Bonchev–Trinajstić information content (AvgIpc) is 3.18. The lowest BCUT2D eigenvalue weighted by Crippen LogP contribution is -2.41. The van der Waals surface area contributed by atoms with Gasteiger partial charge in [0.05, 0.1) is 24.0 Å². The van der Waals surface area contributed by atoms with E-state index in [1.165, 1.54) is 5.52 Å². The van der Waals surface area contributed by atoms with Gasteiger partial charge in [0.2, 0.25) is 0 Å². The smallest absolute Gasteiger partial charge is 0.321 e. The van der Waals surface area contributed by atoms with E-state index < -0.39 is 0 Å². The zero-order chi connectivity index (χ0) is 20.8. The standard InChI is InChI=1S/C24H30N4O2/c1-2-3-16-30-21-10-8-20(9-11-21)26-24(29)27-14-12-19(13-15-27)17-28-18-25-22-6-4-5-7-23(22)28/h4-11,18-19H,2-3,12-17H2,1H3,(H,26,29). The van der Waals surface area contributed by atoms with E-state index in [1.807, 2.05) is 47.6 Å². The Hall–Kier alpha value is -3.02. The van der Waals surface area contributed by atoms with Gasteiger partial charge in [-0.25, -0.2) is 9.78 Å². The number of amides is 2. The highest BCUT2D eigenvalue weighted by molar-refractivity contribution is 5.89. The highest BCUT2D eigenvalue weighted by atomic mass is 16.5. The molecule has 3 aromatic rings. The second kappa shape index (κ2) is 9.65. The number of anilines is 1. The maximum Gasteiger partial charge on any atom is 0.321 e. The molecule has 1 aliphatic rings. The van der Waals surface area contributed by atoms with Crippen LogP contribution in [0.4, 0.5) is 10.5 Å². The number of fused-ring (bicyclic) bond motifs is 1. The van der Waals surface area contributed by atoms with Crippen LogP contribution in [0.5, 0.6) is 5.75 Å². The van der Waals surface area contributed by atoms with Crippen molar-refractivity contribution < 1.29 is 9.53 Å². The average molecular weight is 407 g/mol. The number of benzene rings is 2. The first-order valence-electron chi connectivity index (χ1n) is 10.9. The monoisotopic (exact) mass is 406 g/mol. The van der Waals surface area contributed by atoms with Gasteiger partial charge in [-0.15, -0.1) is 0 Å². The summed E-state index contributed by atoms with van der Waals surface area (Å²) in [7, 11) is 0. The molecule has 0 bridgehead atoms. The number of nitrogens with one attached hydrogen (secondary N) is 1. The van der Waals surface area contributed by atoms with Gasteiger partial charge in [0, 0.05) is 25.3 Å². The maximum absolute atomic E-state index is 12.6. The Kier molecular flexibility index (Phi) is 6.52. The molecule has 158 valence electrons. The number of hydrogen-bond donors (Lipinski definition) is 1. The molecule has 6 heteroatoms. The molecule has 1 N–H and O–H groups in total. The number of imidazole rings is 1. The van der Waals surface area contributed by atoms with E-state index in [0.29, 0.717) is 5.92 Å². The number of rotatable bonds is 7. The quantitative estimate of drug-likeness (QED) is 0.552. The number of unbranched alkanes of at least 4 members (excludes halogenated alkanes) is 1. The topological polar surface area (TPSA) is 59.4 Å². The van der Waals surface area contributed by atoms with Crippen LogP contribution in [0.1, 0.15) is 32.6 Å². The summed E-state index contributed by atoms with van der Waals surface area (Å²) in [5.41, 5.74) is 3.02. The highest BCUT2D eigenvalue weighted by Gasteiger charge is 2.23. The van der Waals surface area contributed by atoms with E-state index in [-0.39, 0.29) is 6.03 Å². The minimum Gasteiger partial charge on any atom is -0.494 e. The van der Waals surface area contributed by atoms with Gasteiger partial charge >= 0.3 is 6.03 Å². The molecule has 0 unspecified atom stereocenters. The number of piperidine rings is 1. The van der Waals surface area contributed by atoms with Gasteiger partial charge in [0.15, 0.2) is 0 Å². The molecule has 2 aromatic carbocycles. The summed E-state index contributed by atoms with van der Waals surface area (Å²) < 4.78 is 7.91. The van der Waals surface area contributed by atoms with Crippen molar-refractivity contribution >= 4 is 22.8 Å². The molecular formula is C24H30N4O2. The minimum atomic E-state index is -0.0267. The molecule has 0 saturated carbocycles. The van der Waals surface area contributed by atoms with Crippen LogP contribution in [-0.2, 0) is 6.54 Å². The van der Waals surface area contributed by atoms with Crippen LogP contribution >= 0.6 is 0 Å². The van der Waals surface area contributed by atoms with Gasteiger partial charge in [-0.2, -0.15) is 0 Å². The van der Waals surface area contributed by atoms with E-state index in [9.17, 15) is 4.79 Å². The third kappa shape index (κ3) is 4.93. The SMILES string of the molecule is CCCCOc1ccc(NC(=O)N2CCC(Cn3cnc4ccccc43)CC2)cc1. The first kappa shape index (κ1) is 20.3. The molecule has 1 aliphatic heterocycles. The number of ether oxygens (including phenoxy) is 1. The molecule has 0 atom stereocenters. The molecule has 1 fully saturated rings. The predicted octanol–water partition coefficient (Wildman–Crippen LogP) is 5.16. The maximum atomic E-state index is 12.6. The van der Waals surface area contributed by atoms with Crippen LogP contribution in [0.25, 0.3) is 11.0 Å². The third-order valence-corrected chi connectivity index (χ3v) is 5.76. The van der Waals surface area contributed by atoms with Gasteiger partial charge in [-0.1, -0.05) is 25.5 Å². The first-order chi connectivity index (χ1) is 14.7. The number of aromatic nitrogens is 2. The summed E-state index contributed by atoms with van der Waals surface area (Å²) in [6.45, 7) is 5.38. The van der Waals surface area contributed by atoms with Crippen molar-refractivity contribution in [3.8, 4) is 5.75 Å². The van der Waals surface area contributed by atoms with E-state index in [1.54, 1.807) is 0 Å². The number of carbonyl (C=O) groups is 1. The Morgan fingerprint density at radius 1 is 1.13 bits per heavy atom. The zero-order valence-corrected chi connectivity index (χ0v) is 17.6. The molecule has 6 nitrogen and oxygen atoms in total. The number of nitrogens with zero attached hydrogens (tertiary/aromatic N) is 3. The van der Waals surface area contributed by atoms with Crippen molar-refractivity contribution in [3.63, 3.8) is 0 Å². The van der Waals surface area contributed by atoms with E-state index in [4.69, 9.17) is 4.74 Å². The fraction of sp³-hybridized carbons (Fsp3) is 0.417. The molecule has 0 radical (unpaired) electrons. The van der Waals surface area contributed by atoms with Crippen LogP contribution < -0.4 is 10.1 Å². The van der Waals surface area contributed by atoms with Crippen LogP contribution in [0, 0.1) is 5.92 Å². The summed E-state index contributed by atoms with van der Waals surface area (Å²) in [4.78, 5) is 19.0. The Balaban J connectivity index is 1.25. The van der Waals surface area contributed by atoms with Gasteiger partial charge in [-0.05, 0) is 61.6 Å². The van der Waals surface area contributed by atoms with E-state index >= 15 is 0 Å². The Bertz CT molecular complexity index is 959. The van der Waals surface area contributed by atoms with Crippen LogP contribution in [-0.4, -0.2) is 40.2 Å². The predicted molar refractivity (Wildman–Crippen MR) is 120 cm³/mol. The second-order valence-electron chi connectivity index (χ2n) is 7.97. The number of urea groups is 1. The van der Waals surface area contributed by atoms with Gasteiger partial charge in [0.25, 0.3) is 0 Å². The van der Waals surface area contributed by atoms with Crippen molar-refractivity contribution in [2.24, 2.45) is 5.92 Å². The van der Waals surface area contributed by atoms with Crippen molar-refractivity contribution in [3.05, 3.63) is 54.9 Å². The van der Waals surface area contributed by atoms with Crippen molar-refractivity contribution in [1.82, 2.24) is 14.5 Å². The summed E-state index contributed by atoms with van der Waals surface area (Å²) in [5, 5.41) is 3.01. The van der Waals surface area contributed by atoms with Crippen LogP contribution in [0.3, 0.4) is 0 Å². The van der Waals surface area contributed by atoms with E-state index in [0.717, 1.165) is 68.9 Å². The lowest BCUT2D eigenvalue weighted by atomic mass is 9.97. The highest BCUT2D eigenvalue weighted by Crippen LogP contribution is 2.23. The molecule has 0 aliphatic carbocycles. The van der Waals surface area contributed by atoms with Gasteiger partial charge in [-0.3, -0.25) is 0 Å². The lowest BCUT2D eigenvalue weighted by molar-refractivity contribution is 0.177. The van der Waals surface area contributed by atoms with Crippen molar-refractivity contribution in [2.75, 3.05) is 25.0 Å². The van der Waals surface area contributed by atoms with Crippen molar-refractivity contribution in [2.45, 2.75) is 39.2 Å². The first-order valence-corrected chi connectivity index (χ1v) is 10.9. The number of para-hydroxylation sites is 2. The van der Waals surface area contributed by atoms with Crippen LogP contribution in [0.2, 0.25) is 0 Å². The molecule has 0 spiro atoms. The fourth-order valence-electron chi connectivity index (χ4n) is 3.92. The minimum absolute atomic E-state index is 0.0267. The molecular weight excluding hydrogens is 376 g/mol. The van der Waals surface area contributed by atoms with E-state index in [2.05, 4.69) is 33.9 Å². The summed E-state index contributed by atoms with van der Waals surface area (Å²) in [6, 6.07) is 15.8. The largest absolute Gasteiger partial charge is 0.494 e. The van der Waals surface area contributed by atoms with Crippen molar-refractivity contribution in [1.29, 1.82) is 0 Å². The number of likely N-dealkylation sites (tertiary alicyclic amines) is 1. The van der Waals surface area contributed by atoms with Gasteiger partial charge < -0.3 is 19.5 Å². The third-order valence-electron chi connectivity index (χ3n) is 5.76. The second-order valence-corrected chi connectivity index (χ2v) is 7.97. The Morgan fingerprint density at radius 2 is 1.90 bits per heavy atom. The molecule has 30 heavy (non-hydrogen) atoms. The Labute approximate surface area is 177 Å². The normalized spacial score (nSPS) is 14.8.